The molecule has 1 aliphatic carbocycles. The Morgan fingerprint density at radius 3 is 2.15 bits per heavy atom. The van der Waals surface area contributed by atoms with Crippen molar-refractivity contribution in [1.29, 1.82) is 0 Å². The first kappa shape index (κ1) is 20.2. The van der Waals surface area contributed by atoms with Gasteiger partial charge >= 0.3 is 0 Å². The summed E-state index contributed by atoms with van der Waals surface area (Å²) in [5.41, 5.74) is 1.74. The second kappa shape index (κ2) is 6.99. The Balaban J connectivity index is 1.25. The standard InChI is InChI=1S/C24H45N3/c1-19(2)26-15-24(16-26)8-7-21(14-24)20(3)13-22(4,5)27-17-23(18-27)9-11-25(6)12-10-23/h19-21H,7-18H2,1-6H3. The van der Waals surface area contributed by atoms with Crippen LogP contribution in [0.15, 0.2) is 0 Å². The summed E-state index contributed by atoms with van der Waals surface area (Å²) < 4.78 is 0. The summed E-state index contributed by atoms with van der Waals surface area (Å²) in [5.74, 6) is 1.85. The van der Waals surface area contributed by atoms with Crippen LogP contribution >= 0.6 is 0 Å². The smallest absolute Gasteiger partial charge is 0.0156 e. The van der Waals surface area contributed by atoms with Crippen LogP contribution in [-0.4, -0.2) is 72.6 Å². The molecule has 0 N–H and O–H groups in total. The number of nitrogens with zero attached hydrogens (tertiary/aromatic N) is 3. The summed E-state index contributed by atoms with van der Waals surface area (Å²) in [7, 11) is 2.28. The van der Waals surface area contributed by atoms with Gasteiger partial charge in [0.2, 0.25) is 0 Å². The van der Waals surface area contributed by atoms with Crippen LogP contribution in [0, 0.1) is 22.7 Å². The minimum atomic E-state index is 0.382. The summed E-state index contributed by atoms with van der Waals surface area (Å²) in [4.78, 5) is 8.01. The lowest BCUT2D eigenvalue weighted by molar-refractivity contribution is -0.100. The first-order chi connectivity index (χ1) is 12.6. The fourth-order valence-electron chi connectivity index (χ4n) is 6.89. The Labute approximate surface area is 168 Å². The van der Waals surface area contributed by atoms with Crippen molar-refractivity contribution in [1.82, 2.24) is 14.7 Å². The van der Waals surface area contributed by atoms with Crippen molar-refractivity contribution in [3.63, 3.8) is 0 Å². The molecule has 27 heavy (non-hydrogen) atoms. The van der Waals surface area contributed by atoms with Gasteiger partial charge in [0.1, 0.15) is 0 Å². The van der Waals surface area contributed by atoms with Crippen molar-refractivity contribution in [2.24, 2.45) is 22.7 Å². The highest BCUT2D eigenvalue weighted by Crippen LogP contribution is 2.52. The molecule has 2 atom stereocenters. The van der Waals surface area contributed by atoms with Crippen molar-refractivity contribution >= 4 is 0 Å². The lowest BCUT2D eigenvalue weighted by Gasteiger charge is -2.59. The van der Waals surface area contributed by atoms with Crippen molar-refractivity contribution in [2.75, 3.05) is 46.3 Å². The molecule has 3 aliphatic heterocycles. The Morgan fingerprint density at radius 2 is 1.56 bits per heavy atom. The molecule has 2 unspecified atom stereocenters. The minimum Gasteiger partial charge on any atom is -0.306 e. The zero-order chi connectivity index (χ0) is 19.4. The van der Waals surface area contributed by atoms with Crippen molar-refractivity contribution in [2.45, 2.75) is 84.7 Å². The Morgan fingerprint density at radius 1 is 0.926 bits per heavy atom. The monoisotopic (exact) mass is 375 g/mol. The summed E-state index contributed by atoms with van der Waals surface area (Å²) in [5, 5.41) is 0. The van der Waals surface area contributed by atoms with Crippen LogP contribution in [0.2, 0.25) is 0 Å². The molecule has 0 radical (unpaired) electrons. The second-order valence-corrected chi connectivity index (χ2v) is 12.2. The van der Waals surface area contributed by atoms with Gasteiger partial charge in [-0.3, -0.25) is 9.80 Å². The van der Waals surface area contributed by atoms with Crippen LogP contribution in [0.25, 0.3) is 0 Å². The SMILES string of the molecule is CC(CC(C)(C)N1CC2(CCN(C)CC2)C1)C1CCC2(C1)CN(C(C)C)C2. The lowest BCUT2D eigenvalue weighted by Crippen LogP contribution is -2.66. The van der Waals surface area contributed by atoms with Gasteiger partial charge in [-0.1, -0.05) is 6.92 Å². The van der Waals surface area contributed by atoms with Gasteiger partial charge in [0.15, 0.2) is 0 Å². The Hall–Kier alpha value is -0.120. The molecule has 1 saturated carbocycles. The van der Waals surface area contributed by atoms with Gasteiger partial charge < -0.3 is 4.90 Å². The van der Waals surface area contributed by atoms with Gasteiger partial charge in [0.25, 0.3) is 0 Å². The highest BCUT2D eigenvalue weighted by molar-refractivity contribution is 5.05. The average molecular weight is 376 g/mol. The molecule has 3 heterocycles. The van der Waals surface area contributed by atoms with E-state index in [4.69, 9.17) is 0 Å². The highest BCUT2D eigenvalue weighted by Gasteiger charge is 2.52. The van der Waals surface area contributed by atoms with Crippen molar-refractivity contribution in [3.05, 3.63) is 0 Å². The van der Waals surface area contributed by atoms with Crippen LogP contribution in [0.1, 0.15) is 73.1 Å². The van der Waals surface area contributed by atoms with Gasteiger partial charge in [0.05, 0.1) is 0 Å². The van der Waals surface area contributed by atoms with E-state index in [1.807, 2.05) is 0 Å². The molecule has 4 aliphatic rings. The molecule has 0 aromatic heterocycles. The molecule has 3 saturated heterocycles. The van der Waals surface area contributed by atoms with Crippen LogP contribution in [0.5, 0.6) is 0 Å². The van der Waals surface area contributed by atoms with Gasteiger partial charge in [-0.2, -0.15) is 0 Å². The Bertz CT molecular complexity index is 518. The first-order valence-corrected chi connectivity index (χ1v) is 11.8. The molecule has 0 aromatic carbocycles. The zero-order valence-electron chi connectivity index (χ0n) is 19.1. The number of hydrogen-bond acceptors (Lipinski definition) is 3. The minimum absolute atomic E-state index is 0.382. The third-order valence-corrected chi connectivity index (χ3v) is 9.13. The topological polar surface area (TPSA) is 9.72 Å². The third kappa shape index (κ3) is 3.85. The van der Waals surface area contributed by atoms with E-state index in [0.29, 0.717) is 16.4 Å². The molecule has 156 valence electrons. The lowest BCUT2D eigenvalue weighted by atomic mass is 9.68. The summed E-state index contributed by atoms with van der Waals surface area (Å²) in [6.07, 6.45) is 8.71. The summed E-state index contributed by atoms with van der Waals surface area (Å²) >= 11 is 0. The predicted octanol–water partition coefficient (Wildman–Crippen LogP) is 4.33. The van der Waals surface area contributed by atoms with Gasteiger partial charge in [0, 0.05) is 37.8 Å². The average Bonchev–Trinajstić information content (AvgIpc) is 2.97. The number of rotatable bonds is 5. The van der Waals surface area contributed by atoms with Crippen molar-refractivity contribution in [3.8, 4) is 0 Å². The summed E-state index contributed by atoms with van der Waals surface area (Å²) in [6.45, 7) is 20.4. The van der Waals surface area contributed by atoms with Crippen LogP contribution in [0.4, 0.5) is 0 Å². The molecular formula is C24H45N3. The van der Waals surface area contributed by atoms with E-state index >= 15 is 0 Å². The normalized spacial score (nSPS) is 32.8. The molecule has 4 fully saturated rings. The maximum absolute atomic E-state index is 2.82. The Kier molecular flexibility index (Phi) is 5.22. The molecule has 3 nitrogen and oxygen atoms in total. The molecule has 0 amide bonds. The van der Waals surface area contributed by atoms with Crippen LogP contribution in [-0.2, 0) is 0 Å². The molecular weight excluding hydrogens is 330 g/mol. The summed E-state index contributed by atoms with van der Waals surface area (Å²) in [6, 6.07) is 0.740. The van der Waals surface area contributed by atoms with E-state index in [9.17, 15) is 0 Å². The van der Waals surface area contributed by atoms with Gasteiger partial charge in [-0.15, -0.1) is 0 Å². The van der Waals surface area contributed by atoms with E-state index in [1.54, 1.807) is 0 Å². The van der Waals surface area contributed by atoms with Gasteiger partial charge in [-0.05, 0) is 109 Å². The van der Waals surface area contributed by atoms with E-state index in [2.05, 4.69) is 56.4 Å². The first-order valence-electron chi connectivity index (χ1n) is 11.8. The predicted molar refractivity (Wildman–Crippen MR) is 115 cm³/mol. The highest BCUT2D eigenvalue weighted by atomic mass is 15.3. The largest absolute Gasteiger partial charge is 0.306 e. The number of likely N-dealkylation sites (tertiary alicyclic amines) is 3. The van der Waals surface area contributed by atoms with Gasteiger partial charge in [-0.25, -0.2) is 0 Å². The van der Waals surface area contributed by atoms with E-state index in [-0.39, 0.29) is 0 Å². The fraction of sp³-hybridized carbons (Fsp3) is 1.00. The molecule has 0 aromatic rings. The van der Waals surface area contributed by atoms with Crippen LogP contribution in [0.3, 0.4) is 0 Å². The van der Waals surface area contributed by atoms with E-state index in [1.165, 1.54) is 77.8 Å². The molecule has 2 spiro atoms. The third-order valence-electron chi connectivity index (χ3n) is 9.13. The second-order valence-electron chi connectivity index (χ2n) is 12.2. The van der Waals surface area contributed by atoms with E-state index in [0.717, 1.165) is 17.9 Å². The fourth-order valence-corrected chi connectivity index (χ4v) is 6.89. The number of piperidine rings is 1. The maximum Gasteiger partial charge on any atom is 0.0156 e. The van der Waals surface area contributed by atoms with E-state index < -0.39 is 0 Å². The molecule has 4 rings (SSSR count). The molecule has 3 heteroatoms. The quantitative estimate of drug-likeness (QED) is 0.708. The van der Waals surface area contributed by atoms with Crippen molar-refractivity contribution < 1.29 is 0 Å². The van der Waals surface area contributed by atoms with Crippen LogP contribution < -0.4 is 0 Å². The maximum atomic E-state index is 2.82. The zero-order valence-corrected chi connectivity index (χ0v) is 19.1. The number of hydrogen-bond donors (Lipinski definition) is 0. The molecule has 0 bridgehead atoms.